The van der Waals surface area contributed by atoms with Crippen molar-refractivity contribution in [1.29, 1.82) is 0 Å². The topological polar surface area (TPSA) is 113 Å². The van der Waals surface area contributed by atoms with Crippen molar-refractivity contribution in [2.75, 3.05) is 28.6 Å². The first-order chi connectivity index (χ1) is 19.6. The molecule has 212 valence electrons. The summed E-state index contributed by atoms with van der Waals surface area (Å²) < 4.78 is 46.4. The first-order valence-electron chi connectivity index (χ1n) is 13.0. The van der Waals surface area contributed by atoms with Gasteiger partial charge in [-0.25, -0.2) is 4.98 Å². The number of carbonyl (C=O) groups is 2. The Bertz CT molecular complexity index is 1550. The molecule has 0 spiro atoms. The highest BCUT2D eigenvalue weighted by atomic mass is 19.4. The quantitative estimate of drug-likeness (QED) is 0.287. The average molecular weight is 565 g/mol. The maximum atomic E-state index is 13.7. The molecule has 4 heterocycles. The van der Waals surface area contributed by atoms with Crippen molar-refractivity contribution in [1.82, 2.24) is 15.0 Å². The van der Waals surface area contributed by atoms with Crippen molar-refractivity contribution in [2.24, 2.45) is 5.92 Å². The fourth-order valence-electron chi connectivity index (χ4n) is 4.56. The first-order valence-corrected chi connectivity index (χ1v) is 13.0. The number of alkyl halides is 3. The van der Waals surface area contributed by atoms with Crippen molar-refractivity contribution < 1.29 is 27.2 Å². The second-order valence-electron chi connectivity index (χ2n) is 9.95. The number of halogens is 3. The van der Waals surface area contributed by atoms with Crippen LogP contribution in [0.1, 0.15) is 52.1 Å². The van der Waals surface area contributed by atoms with E-state index in [4.69, 9.17) is 4.42 Å². The second-order valence-corrected chi connectivity index (χ2v) is 9.95. The molecule has 4 aromatic rings. The number of oxazole rings is 1. The Morgan fingerprint density at radius 3 is 2.34 bits per heavy atom. The molecule has 0 radical (unpaired) electrons. The van der Waals surface area contributed by atoms with Gasteiger partial charge in [0.15, 0.2) is 5.69 Å². The molecule has 5 rings (SSSR count). The van der Waals surface area contributed by atoms with Crippen LogP contribution in [0.5, 0.6) is 0 Å². The fourth-order valence-corrected chi connectivity index (χ4v) is 4.56. The lowest BCUT2D eigenvalue weighted by Gasteiger charge is -2.29. The summed E-state index contributed by atoms with van der Waals surface area (Å²) in [5, 5.41) is 5.18. The molecule has 9 nitrogen and oxygen atoms in total. The Morgan fingerprint density at radius 1 is 0.976 bits per heavy atom. The van der Waals surface area contributed by atoms with Gasteiger partial charge in [-0.05, 0) is 55.5 Å². The van der Waals surface area contributed by atoms with E-state index in [-0.39, 0.29) is 29.4 Å². The lowest BCUT2D eigenvalue weighted by atomic mass is 10.0. The Morgan fingerprint density at radius 2 is 1.71 bits per heavy atom. The third-order valence-corrected chi connectivity index (χ3v) is 6.75. The van der Waals surface area contributed by atoms with Crippen LogP contribution in [0, 0.1) is 12.8 Å². The Labute approximate surface area is 233 Å². The van der Waals surface area contributed by atoms with Gasteiger partial charge in [0.25, 0.3) is 17.8 Å². The molecule has 12 heteroatoms. The maximum absolute atomic E-state index is 13.7. The molecule has 1 fully saturated rings. The number of carbonyl (C=O) groups excluding carboxylic acids is 2. The molecule has 3 aromatic heterocycles. The van der Waals surface area contributed by atoms with E-state index in [1.54, 1.807) is 29.2 Å². The van der Waals surface area contributed by atoms with Gasteiger partial charge in [-0.1, -0.05) is 31.2 Å². The molecule has 1 atom stereocenters. The highest BCUT2D eigenvalue weighted by Gasteiger charge is 2.42. The molecule has 1 saturated heterocycles. The van der Waals surface area contributed by atoms with Gasteiger partial charge in [0.2, 0.25) is 5.76 Å². The van der Waals surface area contributed by atoms with Gasteiger partial charge in [-0.2, -0.15) is 18.2 Å². The van der Waals surface area contributed by atoms with Gasteiger partial charge in [0, 0.05) is 42.3 Å². The summed E-state index contributed by atoms with van der Waals surface area (Å²) in [6.45, 7) is 4.88. The number of pyridine rings is 2. The number of amides is 2. The third-order valence-electron chi connectivity index (χ3n) is 6.75. The summed E-state index contributed by atoms with van der Waals surface area (Å²) >= 11 is 0. The Balaban J connectivity index is 1.27. The average Bonchev–Trinajstić information content (AvgIpc) is 3.42. The molecule has 1 unspecified atom stereocenters. The number of para-hydroxylation sites is 1. The summed E-state index contributed by atoms with van der Waals surface area (Å²) in [5.41, 5.74) is 1.73. The number of nitrogens with one attached hydrogen (secondary N) is 2. The minimum atomic E-state index is -4.87. The van der Waals surface area contributed by atoms with E-state index in [0.717, 1.165) is 18.4 Å². The smallest absolute Gasteiger partial charge is 0.417 e. The number of aryl methyl sites for hydroxylation is 1. The molecule has 1 aliphatic rings. The summed E-state index contributed by atoms with van der Waals surface area (Å²) in [6.07, 6.45) is -0.174. The highest BCUT2D eigenvalue weighted by Crippen LogP contribution is 2.35. The second kappa shape index (κ2) is 11.4. The summed E-state index contributed by atoms with van der Waals surface area (Å²) in [6, 6.07) is 13.5. The van der Waals surface area contributed by atoms with Crippen LogP contribution in [0.2, 0.25) is 0 Å². The van der Waals surface area contributed by atoms with Crippen molar-refractivity contribution in [3.05, 3.63) is 83.6 Å². The van der Waals surface area contributed by atoms with E-state index in [0.29, 0.717) is 29.9 Å². The van der Waals surface area contributed by atoms with Crippen LogP contribution in [-0.4, -0.2) is 39.9 Å². The Hall–Kier alpha value is -4.74. The van der Waals surface area contributed by atoms with Gasteiger partial charge in [-0.15, -0.1) is 0 Å². The van der Waals surface area contributed by atoms with Gasteiger partial charge < -0.3 is 20.0 Å². The fraction of sp³-hybridized carbons (Fsp3) is 0.276. The van der Waals surface area contributed by atoms with E-state index in [1.807, 2.05) is 32.0 Å². The van der Waals surface area contributed by atoms with E-state index in [2.05, 4.69) is 25.6 Å². The SMILES string of the molecule is Cc1ccccc1NC(=O)c1ccc(-c2ccc(NC(=O)c3oc(N4CCCC(C)C4)nc3C(F)(F)F)nc2)cn1. The Kier molecular flexibility index (Phi) is 7.73. The highest BCUT2D eigenvalue weighted by molar-refractivity contribution is 6.04. The number of nitrogens with zero attached hydrogens (tertiary/aromatic N) is 4. The molecule has 1 aromatic carbocycles. The zero-order valence-electron chi connectivity index (χ0n) is 22.3. The molecular formula is C29H27F3N6O3. The monoisotopic (exact) mass is 564 g/mol. The number of benzene rings is 1. The standard InChI is InChI=1S/C29H27F3N6O3/c1-17-6-5-13-38(16-17)28-37-25(29(30,31)32)24(41-28)27(40)36-23-12-10-20(15-34-23)19-9-11-22(33-14-19)26(39)35-21-8-4-3-7-18(21)2/h3-4,7-12,14-15,17H,5-6,13,16H2,1-2H3,(H,35,39)(H,34,36,40). The number of anilines is 3. The molecule has 0 bridgehead atoms. The van der Waals surface area contributed by atoms with Crippen LogP contribution in [0.15, 0.2) is 65.3 Å². The van der Waals surface area contributed by atoms with Crippen LogP contribution in [0.4, 0.5) is 30.7 Å². The van der Waals surface area contributed by atoms with Crippen LogP contribution < -0.4 is 15.5 Å². The van der Waals surface area contributed by atoms with E-state index in [9.17, 15) is 22.8 Å². The normalized spacial score (nSPS) is 15.4. The van der Waals surface area contributed by atoms with Crippen molar-refractivity contribution >= 4 is 29.3 Å². The van der Waals surface area contributed by atoms with E-state index in [1.165, 1.54) is 18.5 Å². The number of hydrogen-bond acceptors (Lipinski definition) is 7. The van der Waals surface area contributed by atoms with E-state index < -0.39 is 23.5 Å². The third kappa shape index (κ3) is 6.37. The van der Waals surface area contributed by atoms with Gasteiger partial charge in [0.1, 0.15) is 11.5 Å². The first kappa shape index (κ1) is 27.8. The number of aromatic nitrogens is 3. The zero-order valence-corrected chi connectivity index (χ0v) is 22.3. The minimum Gasteiger partial charge on any atom is -0.417 e. The van der Waals surface area contributed by atoms with Crippen LogP contribution in [-0.2, 0) is 6.18 Å². The van der Waals surface area contributed by atoms with Crippen molar-refractivity contribution in [3.8, 4) is 11.1 Å². The maximum Gasteiger partial charge on any atom is 0.437 e. The molecule has 2 N–H and O–H groups in total. The largest absolute Gasteiger partial charge is 0.437 e. The predicted octanol–water partition coefficient (Wildman–Crippen LogP) is 6.20. The van der Waals surface area contributed by atoms with Crippen LogP contribution in [0.3, 0.4) is 0 Å². The summed E-state index contributed by atoms with van der Waals surface area (Å²) in [7, 11) is 0. The van der Waals surface area contributed by atoms with Crippen molar-refractivity contribution in [3.63, 3.8) is 0 Å². The molecule has 41 heavy (non-hydrogen) atoms. The summed E-state index contributed by atoms with van der Waals surface area (Å²) in [5.74, 6) is -2.08. The number of piperidine rings is 1. The molecule has 0 aliphatic carbocycles. The predicted molar refractivity (Wildman–Crippen MR) is 147 cm³/mol. The number of rotatable bonds is 6. The van der Waals surface area contributed by atoms with Gasteiger partial charge in [0.05, 0.1) is 0 Å². The lowest BCUT2D eigenvalue weighted by Crippen LogP contribution is -2.34. The summed E-state index contributed by atoms with van der Waals surface area (Å²) in [4.78, 5) is 39.0. The van der Waals surface area contributed by atoms with Gasteiger partial charge in [-0.3, -0.25) is 14.6 Å². The zero-order chi connectivity index (χ0) is 29.1. The van der Waals surface area contributed by atoms with E-state index >= 15 is 0 Å². The number of hydrogen-bond donors (Lipinski definition) is 2. The lowest BCUT2D eigenvalue weighted by molar-refractivity contribution is -0.141. The van der Waals surface area contributed by atoms with Crippen molar-refractivity contribution in [2.45, 2.75) is 32.9 Å². The molecule has 0 saturated carbocycles. The molecule has 2 amide bonds. The van der Waals surface area contributed by atoms with Crippen LogP contribution in [0.25, 0.3) is 11.1 Å². The minimum absolute atomic E-state index is 0.0265. The molecular weight excluding hydrogens is 537 g/mol. The van der Waals surface area contributed by atoms with Crippen LogP contribution >= 0.6 is 0 Å². The molecule has 1 aliphatic heterocycles. The van der Waals surface area contributed by atoms with Gasteiger partial charge >= 0.3 is 6.18 Å².